The number of carbonyl (C=O) groups excluding carboxylic acids is 1. The van der Waals surface area contributed by atoms with Crippen molar-refractivity contribution in [1.82, 2.24) is 19.8 Å². The zero-order chi connectivity index (χ0) is 17.4. The molecule has 1 aromatic heterocycles. The topological polar surface area (TPSA) is 61.8 Å². The molecule has 3 aliphatic rings. The first kappa shape index (κ1) is 16.7. The summed E-state index contributed by atoms with van der Waals surface area (Å²) < 4.78 is 19.1. The SMILES string of the molecule is CN1CCN(C(=O)[C@@H]2C[C@@H]3CCN(c4ncc(F)cn4)C[C@H]3O2)CC1. The van der Waals surface area contributed by atoms with Crippen molar-refractivity contribution in [2.75, 3.05) is 51.2 Å². The summed E-state index contributed by atoms with van der Waals surface area (Å²) in [5.41, 5.74) is 0. The van der Waals surface area contributed by atoms with Crippen molar-refractivity contribution in [2.24, 2.45) is 5.92 Å². The number of amides is 1. The van der Waals surface area contributed by atoms with E-state index in [-0.39, 0.29) is 18.1 Å². The number of ether oxygens (including phenoxy) is 1. The number of halogens is 1. The summed E-state index contributed by atoms with van der Waals surface area (Å²) in [7, 11) is 2.08. The number of piperazine rings is 1. The summed E-state index contributed by atoms with van der Waals surface area (Å²) in [5, 5.41) is 0. The zero-order valence-corrected chi connectivity index (χ0v) is 14.5. The Morgan fingerprint density at radius 2 is 1.92 bits per heavy atom. The Hall–Kier alpha value is -1.80. The minimum absolute atomic E-state index is 0.0174. The summed E-state index contributed by atoms with van der Waals surface area (Å²) in [6.07, 6.45) is 3.80. The minimum atomic E-state index is -0.436. The smallest absolute Gasteiger partial charge is 0.251 e. The van der Waals surface area contributed by atoms with Crippen LogP contribution in [0.15, 0.2) is 12.4 Å². The average molecular weight is 349 g/mol. The van der Waals surface area contributed by atoms with E-state index < -0.39 is 5.82 Å². The second-order valence-corrected chi connectivity index (χ2v) is 7.22. The van der Waals surface area contributed by atoms with Crippen LogP contribution in [0, 0.1) is 11.7 Å². The third-order valence-corrected chi connectivity index (χ3v) is 5.53. The van der Waals surface area contributed by atoms with Crippen LogP contribution in [0.4, 0.5) is 10.3 Å². The molecule has 136 valence electrons. The molecule has 0 radical (unpaired) electrons. The van der Waals surface area contributed by atoms with Gasteiger partial charge >= 0.3 is 0 Å². The predicted molar refractivity (Wildman–Crippen MR) is 89.7 cm³/mol. The highest BCUT2D eigenvalue weighted by molar-refractivity contribution is 5.81. The van der Waals surface area contributed by atoms with Gasteiger partial charge in [-0.3, -0.25) is 4.79 Å². The standard InChI is InChI=1S/C17H24FN5O2/c1-21-4-6-22(7-5-21)16(24)14-8-12-2-3-23(11-15(12)25-14)17-19-9-13(18)10-20-17/h9-10,12,14-15H,2-8,11H2,1H3/t12-,14-,15+/m0/s1. The highest BCUT2D eigenvalue weighted by Crippen LogP contribution is 2.35. The lowest BCUT2D eigenvalue weighted by atomic mass is 9.91. The van der Waals surface area contributed by atoms with Crippen LogP contribution >= 0.6 is 0 Å². The van der Waals surface area contributed by atoms with E-state index in [1.54, 1.807) is 0 Å². The number of hydrogen-bond donors (Lipinski definition) is 0. The van der Waals surface area contributed by atoms with Gasteiger partial charge in [-0.25, -0.2) is 14.4 Å². The quantitative estimate of drug-likeness (QED) is 0.769. The van der Waals surface area contributed by atoms with E-state index >= 15 is 0 Å². The first-order valence-corrected chi connectivity index (χ1v) is 8.95. The van der Waals surface area contributed by atoms with Crippen LogP contribution < -0.4 is 4.90 Å². The molecule has 7 nitrogen and oxygen atoms in total. The van der Waals surface area contributed by atoms with Crippen LogP contribution in [-0.2, 0) is 9.53 Å². The number of fused-ring (bicyclic) bond motifs is 1. The minimum Gasteiger partial charge on any atom is -0.363 e. The number of anilines is 1. The van der Waals surface area contributed by atoms with Crippen molar-refractivity contribution in [3.8, 4) is 0 Å². The van der Waals surface area contributed by atoms with Crippen molar-refractivity contribution in [3.63, 3.8) is 0 Å². The van der Waals surface area contributed by atoms with E-state index in [4.69, 9.17) is 4.74 Å². The Balaban J connectivity index is 1.36. The fraction of sp³-hybridized carbons (Fsp3) is 0.706. The zero-order valence-electron chi connectivity index (χ0n) is 14.5. The highest BCUT2D eigenvalue weighted by atomic mass is 19.1. The van der Waals surface area contributed by atoms with Gasteiger partial charge in [-0.05, 0) is 25.8 Å². The number of carbonyl (C=O) groups is 1. The fourth-order valence-electron chi connectivity index (χ4n) is 3.97. The molecule has 1 amide bonds. The van der Waals surface area contributed by atoms with Gasteiger partial charge in [0.1, 0.15) is 6.10 Å². The molecule has 0 saturated carbocycles. The van der Waals surface area contributed by atoms with Crippen LogP contribution in [0.1, 0.15) is 12.8 Å². The predicted octanol–water partition coefficient (Wildman–Crippen LogP) is 0.373. The summed E-state index contributed by atoms with van der Waals surface area (Å²) in [6, 6.07) is 0. The number of aromatic nitrogens is 2. The van der Waals surface area contributed by atoms with E-state index in [2.05, 4.69) is 21.9 Å². The molecule has 0 unspecified atom stereocenters. The maximum absolute atomic E-state index is 13.0. The number of likely N-dealkylation sites (N-methyl/N-ethyl adjacent to an activating group) is 1. The van der Waals surface area contributed by atoms with Crippen LogP contribution in [0.3, 0.4) is 0 Å². The average Bonchev–Trinajstić information content (AvgIpc) is 3.05. The van der Waals surface area contributed by atoms with Crippen molar-refractivity contribution < 1.29 is 13.9 Å². The van der Waals surface area contributed by atoms with E-state index in [0.717, 1.165) is 45.6 Å². The van der Waals surface area contributed by atoms with Crippen molar-refractivity contribution in [3.05, 3.63) is 18.2 Å². The molecule has 0 N–H and O–H groups in total. The number of rotatable bonds is 2. The molecule has 0 aromatic carbocycles. The lowest BCUT2D eigenvalue weighted by molar-refractivity contribution is -0.144. The summed E-state index contributed by atoms with van der Waals surface area (Å²) >= 11 is 0. The van der Waals surface area contributed by atoms with E-state index in [1.165, 1.54) is 12.4 Å². The monoisotopic (exact) mass is 349 g/mol. The second-order valence-electron chi connectivity index (χ2n) is 7.22. The number of piperidine rings is 1. The normalized spacial score (nSPS) is 30.4. The van der Waals surface area contributed by atoms with Gasteiger partial charge in [0.15, 0.2) is 5.82 Å². The maximum Gasteiger partial charge on any atom is 0.251 e. The van der Waals surface area contributed by atoms with E-state index in [0.29, 0.717) is 18.4 Å². The number of hydrogen-bond acceptors (Lipinski definition) is 6. The first-order chi connectivity index (χ1) is 12.1. The van der Waals surface area contributed by atoms with Crippen LogP contribution in [-0.4, -0.2) is 84.2 Å². The molecule has 0 spiro atoms. The Labute approximate surface area is 146 Å². The fourth-order valence-corrected chi connectivity index (χ4v) is 3.97. The molecule has 8 heteroatoms. The van der Waals surface area contributed by atoms with Gasteiger partial charge in [0.05, 0.1) is 18.5 Å². The molecular weight excluding hydrogens is 325 g/mol. The third-order valence-electron chi connectivity index (χ3n) is 5.53. The molecule has 4 heterocycles. The van der Waals surface area contributed by atoms with Crippen LogP contribution in [0.25, 0.3) is 0 Å². The van der Waals surface area contributed by atoms with Gasteiger partial charge < -0.3 is 19.4 Å². The van der Waals surface area contributed by atoms with Gasteiger partial charge in [-0.1, -0.05) is 0 Å². The highest BCUT2D eigenvalue weighted by Gasteiger charge is 2.43. The Morgan fingerprint density at radius 3 is 2.64 bits per heavy atom. The third kappa shape index (κ3) is 3.46. The molecule has 0 bridgehead atoms. The summed E-state index contributed by atoms with van der Waals surface area (Å²) in [4.78, 5) is 27.0. The maximum atomic E-state index is 13.0. The Kier molecular flexibility index (Phi) is 4.56. The Morgan fingerprint density at radius 1 is 1.20 bits per heavy atom. The van der Waals surface area contributed by atoms with Gasteiger partial charge in [-0.2, -0.15) is 0 Å². The molecule has 25 heavy (non-hydrogen) atoms. The molecule has 3 aliphatic heterocycles. The largest absolute Gasteiger partial charge is 0.363 e. The van der Waals surface area contributed by atoms with Gasteiger partial charge in [0.25, 0.3) is 5.91 Å². The molecule has 3 fully saturated rings. The van der Waals surface area contributed by atoms with Gasteiger partial charge in [0, 0.05) is 39.3 Å². The summed E-state index contributed by atoms with van der Waals surface area (Å²) in [6.45, 7) is 4.86. The van der Waals surface area contributed by atoms with Crippen molar-refractivity contribution >= 4 is 11.9 Å². The van der Waals surface area contributed by atoms with Gasteiger partial charge in [-0.15, -0.1) is 0 Å². The van der Waals surface area contributed by atoms with Crippen molar-refractivity contribution in [1.29, 1.82) is 0 Å². The lowest BCUT2D eigenvalue weighted by Gasteiger charge is -2.34. The molecule has 3 atom stereocenters. The first-order valence-electron chi connectivity index (χ1n) is 8.95. The molecule has 3 saturated heterocycles. The van der Waals surface area contributed by atoms with E-state index in [9.17, 15) is 9.18 Å². The molecule has 0 aliphatic carbocycles. The van der Waals surface area contributed by atoms with Gasteiger partial charge in [0.2, 0.25) is 5.95 Å². The molecular formula is C17H24FN5O2. The lowest BCUT2D eigenvalue weighted by Crippen LogP contribution is -2.50. The second kappa shape index (κ2) is 6.84. The van der Waals surface area contributed by atoms with Crippen molar-refractivity contribution in [2.45, 2.75) is 25.0 Å². The summed E-state index contributed by atoms with van der Waals surface area (Å²) in [5.74, 6) is 0.621. The van der Waals surface area contributed by atoms with Crippen LogP contribution in [0.5, 0.6) is 0 Å². The molecule has 4 rings (SSSR count). The Bertz CT molecular complexity index is 620. The number of nitrogens with zero attached hydrogens (tertiary/aromatic N) is 5. The molecule has 1 aromatic rings. The van der Waals surface area contributed by atoms with E-state index in [1.807, 2.05) is 9.80 Å². The van der Waals surface area contributed by atoms with Crippen LogP contribution in [0.2, 0.25) is 0 Å².